The predicted octanol–water partition coefficient (Wildman–Crippen LogP) is -0.363. The van der Waals surface area contributed by atoms with Crippen molar-refractivity contribution in [2.45, 2.75) is 19.9 Å². The first-order valence-corrected chi connectivity index (χ1v) is 6.25. The van der Waals surface area contributed by atoms with Crippen molar-refractivity contribution in [2.24, 2.45) is 0 Å². The zero-order valence-electron chi connectivity index (χ0n) is 9.83. The molecule has 8 heteroatoms. The molecule has 0 radical (unpaired) electrons. The van der Waals surface area contributed by atoms with Crippen LogP contribution in [0.4, 0.5) is 0 Å². The second-order valence-corrected chi connectivity index (χ2v) is 4.83. The van der Waals surface area contributed by atoms with Gasteiger partial charge in [-0.05, 0) is 13.8 Å². The molecule has 0 unspecified atom stereocenters. The summed E-state index contributed by atoms with van der Waals surface area (Å²) < 4.78 is 33.2. The summed E-state index contributed by atoms with van der Waals surface area (Å²) in [7, 11) is -4.25. The first-order chi connectivity index (χ1) is 7.85. The number of rotatable bonds is 8. The Morgan fingerprint density at radius 2 is 2.12 bits per heavy atom. The van der Waals surface area contributed by atoms with Gasteiger partial charge in [0, 0.05) is 6.04 Å². The van der Waals surface area contributed by atoms with Crippen LogP contribution >= 0.6 is 0 Å². The molecule has 0 heterocycles. The molecular weight excluding hydrogens is 250 g/mol. The summed E-state index contributed by atoms with van der Waals surface area (Å²) in [5.41, 5.74) is 0. The van der Waals surface area contributed by atoms with Gasteiger partial charge in [0.25, 0.3) is 0 Å². The monoisotopic (exact) mass is 267 g/mol. The van der Waals surface area contributed by atoms with Crippen LogP contribution in [0.5, 0.6) is 0 Å². The molecule has 0 aliphatic rings. The SMILES string of the molecule is C=CCOCN(C(C)C)S(=O)(=O)OC(=O)CO. The standard InChI is InChI=1S/C9H17NO6S/c1-4-5-15-7-10(8(2)3)17(13,14)16-9(12)6-11/h4,8,11H,1,5-7H2,2-3H3. The summed E-state index contributed by atoms with van der Waals surface area (Å²) >= 11 is 0. The van der Waals surface area contributed by atoms with Crippen LogP contribution < -0.4 is 0 Å². The zero-order valence-corrected chi connectivity index (χ0v) is 10.6. The fraction of sp³-hybridized carbons (Fsp3) is 0.667. The lowest BCUT2D eigenvalue weighted by molar-refractivity contribution is -0.137. The van der Waals surface area contributed by atoms with Gasteiger partial charge in [0.05, 0.1) is 6.61 Å². The van der Waals surface area contributed by atoms with Gasteiger partial charge < -0.3 is 14.0 Å². The number of carbonyl (C=O) groups excluding carboxylic acids is 1. The van der Waals surface area contributed by atoms with Gasteiger partial charge in [-0.2, -0.15) is 8.42 Å². The van der Waals surface area contributed by atoms with Crippen LogP contribution in [-0.4, -0.2) is 49.8 Å². The maximum absolute atomic E-state index is 11.6. The number of aliphatic hydroxyl groups is 1. The third-order valence-corrected chi connectivity index (χ3v) is 3.14. The minimum Gasteiger partial charge on any atom is -0.385 e. The van der Waals surface area contributed by atoms with E-state index in [0.717, 1.165) is 4.31 Å². The molecular formula is C9H17NO6S. The average molecular weight is 267 g/mol. The molecule has 0 spiro atoms. The van der Waals surface area contributed by atoms with E-state index in [4.69, 9.17) is 9.84 Å². The Morgan fingerprint density at radius 1 is 1.53 bits per heavy atom. The molecule has 0 bridgehead atoms. The van der Waals surface area contributed by atoms with E-state index < -0.39 is 28.9 Å². The summed E-state index contributed by atoms with van der Waals surface area (Å²) in [6.45, 7) is 5.53. The highest BCUT2D eigenvalue weighted by molar-refractivity contribution is 7.84. The van der Waals surface area contributed by atoms with Gasteiger partial charge in [0.2, 0.25) is 0 Å². The van der Waals surface area contributed by atoms with Crippen molar-refractivity contribution in [2.75, 3.05) is 19.9 Å². The van der Waals surface area contributed by atoms with Crippen molar-refractivity contribution < 1.29 is 27.2 Å². The van der Waals surface area contributed by atoms with E-state index >= 15 is 0 Å². The van der Waals surface area contributed by atoms with E-state index in [1.807, 2.05) is 0 Å². The third-order valence-electron chi connectivity index (χ3n) is 1.64. The molecule has 0 saturated heterocycles. The Kier molecular flexibility index (Phi) is 6.97. The highest BCUT2D eigenvalue weighted by Crippen LogP contribution is 2.09. The largest absolute Gasteiger partial charge is 0.389 e. The molecule has 0 aromatic rings. The average Bonchev–Trinajstić information content (AvgIpc) is 2.22. The molecule has 0 rings (SSSR count). The van der Waals surface area contributed by atoms with Crippen molar-refractivity contribution in [1.82, 2.24) is 4.31 Å². The Morgan fingerprint density at radius 3 is 2.53 bits per heavy atom. The van der Waals surface area contributed by atoms with Crippen LogP contribution in [0.1, 0.15) is 13.8 Å². The molecule has 0 fully saturated rings. The second kappa shape index (κ2) is 7.38. The van der Waals surface area contributed by atoms with E-state index in [1.165, 1.54) is 6.08 Å². The fourth-order valence-electron chi connectivity index (χ4n) is 0.890. The summed E-state index contributed by atoms with van der Waals surface area (Å²) in [5.74, 6) is -1.24. The third kappa shape index (κ3) is 5.78. The Balaban J connectivity index is 4.67. The van der Waals surface area contributed by atoms with Gasteiger partial charge in [0.15, 0.2) is 0 Å². The predicted molar refractivity (Wildman–Crippen MR) is 60.1 cm³/mol. The summed E-state index contributed by atoms with van der Waals surface area (Å²) in [6, 6.07) is -0.448. The molecule has 7 nitrogen and oxygen atoms in total. The molecule has 0 aliphatic heterocycles. The van der Waals surface area contributed by atoms with E-state index in [-0.39, 0.29) is 13.3 Å². The van der Waals surface area contributed by atoms with E-state index in [2.05, 4.69) is 10.8 Å². The minimum atomic E-state index is -4.25. The van der Waals surface area contributed by atoms with Gasteiger partial charge >= 0.3 is 16.3 Å². The minimum absolute atomic E-state index is 0.173. The van der Waals surface area contributed by atoms with Crippen molar-refractivity contribution in [3.63, 3.8) is 0 Å². The first kappa shape index (κ1) is 16.0. The van der Waals surface area contributed by atoms with Crippen LogP contribution in [0.3, 0.4) is 0 Å². The van der Waals surface area contributed by atoms with Crippen molar-refractivity contribution in [3.05, 3.63) is 12.7 Å². The quantitative estimate of drug-likeness (QED) is 0.366. The highest BCUT2D eigenvalue weighted by atomic mass is 32.2. The van der Waals surface area contributed by atoms with Gasteiger partial charge in [-0.15, -0.1) is 10.9 Å². The van der Waals surface area contributed by atoms with Crippen molar-refractivity contribution >= 4 is 16.3 Å². The Hall–Kier alpha value is -0.960. The lowest BCUT2D eigenvalue weighted by Crippen LogP contribution is -2.41. The Labute approximate surface area is 101 Å². The molecule has 0 saturated carbocycles. The van der Waals surface area contributed by atoms with E-state index in [9.17, 15) is 13.2 Å². The van der Waals surface area contributed by atoms with E-state index in [0.29, 0.717) is 0 Å². The fourth-order valence-corrected chi connectivity index (χ4v) is 1.99. The van der Waals surface area contributed by atoms with Crippen LogP contribution in [0.2, 0.25) is 0 Å². The van der Waals surface area contributed by atoms with Gasteiger partial charge in [-0.1, -0.05) is 6.08 Å². The lowest BCUT2D eigenvalue weighted by atomic mass is 10.4. The number of ether oxygens (including phenoxy) is 1. The lowest BCUT2D eigenvalue weighted by Gasteiger charge is -2.23. The molecule has 0 atom stereocenters. The maximum atomic E-state index is 11.6. The Bertz CT molecular complexity index is 350. The summed E-state index contributed by atoms with van der Waals surface area (Å²) in [6.07, 6.45) is 1.46. The van der Waals surface area contributed by atoms with Crippen LogP contribution in [0.15, 0.2) is 12.7 Å². The molecule has 0 aromatic carbocycles. The van der Waals surface area contributed by atoms with Crippen LogP contribution in [-0.2, 0) is 24.0 Å². The van der Waals surface area contributed by atoms with Gasteiger partial charge in [0.1, 0.15) is 13.3 Å². The molecule has 100 valence electrons. The normalized spacial score (nSPS) is 11.8. The molecule has 17 heavy (non-hydrogen) atoms. The number of aliphatic hydroxyl groups excluding tert-OH is 1. The first-order valence-electron chi connectivity index (χ1n) is 4.88. The summed E-state index contributed by atoms with van der Waals surface area (Å²) in [5, 5.41) is 8.43. The maximum Gasteiger partial charge on any atom is 0.389 e. The number of hydrogen-bond acceptors (Lipinski definition) is 6. The second-order valence-electron chi connectivity index (χ2n) is 3.34. The number of carbonyl (C=O) groups is 1. The summed E-state index contributed by atoms with van der Waals surface area (Å²) in [4.78, 5) is 10.7. The molecule has 1 N–H and O–H groups in total. The smallest absolute Gasteiger partial charge is 0.385 e. The highest BCUT2D eigenvalue weighted by Gasteiger charge is 2.28. The van der Waals surface area contributed by atoms with Gasteiger partial charge in [-0.25, -0.2) is 4.79 Å². The molecule has 0 amide bonds. The van der Waals surface area contributed by atoms with Crippen molar-refractivity contribution in [1.29, 1.82) is 0 Å². The van der Waals surface area contributed by atoms with Crippen LogP contribution in [0.25, 0.3) is 0 Å². The molecule has 0 aromatic heterocycles. The van der Waals surface area contributed by atoms with Crippen LogP contribution in [0, 0.1) is 0 Å². The number of hydrogen-bond donors (Lipinski definition) is 1. The van der Waals surface area contributed by atoms with Crippen molar-refractivity contribution in [3.8, 4) is 0 Å². The topological polar surface area (TPSA) is 93.1 Å². The molecule has 0 aliphatic carbocycles. The zero-order chi connectivity index (χ0) is 13.5. The van der Waals surface area contributed by atoms with Gasteiger partial charge in [-0.3, -0.25) is 0 Å². The number of nitrogens with zero attached hydrogens (tertiary/aromatic N) is 1. The van der Waals surface area contributed by atoms with E-state index in [1.54, 1.807) is 13.8 Å².